The molecule has 0 saturated heterocycles. The van der Waals surface area contributed by atoms with Crippen molar-refractivity contribution in [3.05, 3.63) is 68.1 Å². The van der Waals surface area contributed by atoms with Crippen molar-refractivity contribution in [1.82, 2.24) is 0 Å². The summed E-state index contributed by atoms with van der Waals surface area (Å²) in [7, 11) is 0. The lowest BCUT2D eigenvalue weighted by Gasteiger charge is -2.16. The molecule has 2 aromatic rings. The van der Waals surface area contributed by atoms with E-state index < -0.39 is 0 Å². The zero-order valence-corrected chi connectivity index (χ0v) is 13.9. The molecular formula is C15H12BrCl3. The van der Waals surface area contributed by atoms with E-state index in [4.69, 9.17) is 34.8 Å². The molecule has 0 aliphatic rings. The fourth-order valence-electron chi connectivity index (χ4n) is 1.99. The second kappa shape index (κ2) is 6.99. The standard InChI is InChI=1S/C15H12BrCl3/c16-13-3-1-2-10(7-13)12(9-17)6-11-8-14(18)4-5-15(11)19/h1-5,7-8,12H,6,9H2. The highest BCUT2D eigenvalue weighted by molar-refractivity contribution is 9.10. The minimum Gasteiger partial charge on any atom is -0.126 e. The molecule has 0 spiro atoms. The van der Waals surface area contributed by atoms with Gasteiger partial charge in [0.2, 0.25) is 0 Å². The first-order valence-corrected chi connectivity index (χ1v) is 7.94. The summed E-state index contributed by atoms with van der Waals surface area (Å²) in [5.41, 5.74) is 2.22. The van der Waals surface area contributed by atoms with E-state index in [0.717, 1.165) is 21.5 Å². The van der Waals surface area contributed by atoms with Crippen LogP contribution in [0, 0.1) is 0 Å². The number of rotatable bonds is 4. The van der Waals surface area contributed by atoms with Gasteiger partial charge in [-0.1, -0.05) is 51.3 Å². The molecule has 0 fully saturated rings. The molecule has 0 bridgehead atoms. The van der Waals surface area contributed by atoms with Gasteiger partial charge >= 0.3 is 0 Å². The van der Waals surface area contributed by atoms with E-state index in [9.17, 15) is 0 Å². The van der Waals surface area contributed by atoms with Crippen molar-refractivity contribution in [2.24, 2.45) is 0 Å². The maximum Gasteiger partial charge on any atom is 0.0439 e. The van der Waals surface area contributed by atoms with Gasteiger partial charge in [0.05, 0.1) is 0 Å². The Bertz CT molecular complexity index is 569. The summed E-state index contributed by atoms with van der Waals surface area (Å²) >= 11 is 21.8. The van der Waals surface area contributed by atoms with Crippen molar-refractivity contribution < 1.29 is 0 Å². The van der Waals surface area contributed by atoms with Crippen molar-refractivity contribution in [2.45, 2.75) is 12.3 Å². The van der Waals surface area contributed by atoms with Crippen LogP contribution < -0.4 is 0 Å². The molecular weight excluding hydrogens is 366 g/mol. The van der Waals surface area contributed by atoms with Gasteiger partial charge in [-0.25, -0.2) is 0 Å². The van der Waals surface area contributed by atoms with Gasteiger partial charge in [0, 0.05) is 26.3 Å². The first-order chi connectivity index (χ1) is 9.10. The van der Waals surface area contributed by atoms with Gasteiger partial charge < -0.3 is 0 Å². The molecule has 0 saturated carbocycles. The van der Waals surface area contributed by atoms with Gasteiger partial charge in [0.25, 0.3) is 0 Å². The summed E-state index contributed by atoms with van der Waals surface area (Å²) < 4.78 is 1.05. The summed E-state index contributed by atoms with van der Waals surface area (Å²) in [6.07, 6.45) is 0.777. The van der Waals surface area contributed by atoms with Gasteiger partial charge in [0.15, 0.2) is 0 Å². The lowest BCUT2D eigenvalue weighted by molar-refractivity contribution is 0.766. The maximum absolute atomic E-state index is 6.21. The van der Waals surface area contributed by atoms with Gasteiger partial charge in [-0.3, -0.25) is 0 Å². The van der Waals surface area contributed by atoms with Crippen LogP contribution in [0.15, 0.2) is 46.9 Å². The summed E-state index contributed by atoms with van der Waals surface area (Å²) in [6.45, 7) is 0. The normalized spacial score (nSPS) is 12.4. The lowest BCUT2D eigenvalue weighted by atomic mass is 9.93. The second-order valence-electron chi connectivity index (χ2n) is 4.35. The van der Waals surface area contributed by atoms with Crippen molar-refractivity contribution >= 4 is 50.7 Å². The van der Waals surface area contributed by atoms with Crippen LogP contribution in [0.2, 0.25) is 10.0 Å². The van der Waals surface area contributed by atoms with Gasteiger partial charge in [-0.15, -0.1) is 11.6 Å². The summed E-state index contributed by atoms with van der Waals surface area (Å²) in [6, 6.07) is 13.7. The Kier molecular flexibility index (Phi) is 5.58. The molecule has 0 aliphatic heterocycles. The molecule has 100 valence electrons. The van der Waals surface area contributed by atoms with Crippen LogP contribution in [0.1, 0.15) is 17.0 Å². The molecule has 0 N–H and O–H groups in total. The molecule has 0 nitrogen and oxygen atoms in total. The van der Waals surface area contributed by atoms with Gasteiger partial charge in [0.1, 0.15) is 0 Å². The van der Waals surface area contributed by atoms with Crippen molar-refractivity contribution in [2.75, 3.05) is 5.88 Å². The highest BCUT2D eigenvalue weighted by atomic mass is 79.9. The van der Waals surface area contributed by atoms with Crippen LogP contribution in [-0.4, -0.2) is 5.88 Å². The second-order valence-corrected chi connectivity index (χ2v) is 6.41. The number of alkyl halides is 1. The number of hydrogen-bond donors (Lipinski definition) is 0. The van der Waals surface area contributed by atoms with Crippen LogP contribution in [0.5, 0.6) is 0 Å². The summed E-state index contributed by atoms with van der Waals surface area (Å²) in [5, 5.41) is 1.43. The molecule has 2 rings (SSSR count). The minimum absolute atomic E-state index is 0.218. The minimum atomic E-state index is 0.218. The topological polar surface area (TPSA) is 0 Å². The van der Waals surface area contributed by atoms with Crippen LogP contribution in [-0.2, 0) is 6.42 Å². The smallest absolute Gasteiger partial charge is 0.0439 e. The Balaban J connectivity index is 2.26. The Morgan fingerprint density at radius 1 is 1.05 bits per heavy atom. The Morgan fingerprint density at radius 2 is 1.84 bits per heavy atom. The average molecular weight is 379 g/mol. The van der Waals surface area contributed by atoms with E-state index in [1.54, 1.807) is 6.07 Å². The third-order valence-corrected chi connectivity index (χ3v) is 4.45. The SMILES string of the molecule is ClCC(Cc1cc(Cl)ccc1Cl)c1cccc(Br)c1. The predicted octanol–water partition coefficient (Wildman–Crippen LogP) is 6.32. The Labute approximate surface area is 136 Å². The zero-order valence-electron chi connectivity index (χ0n) is 10.0. The first-order valence-electron chi connectivity index (χ1n) is 5.85. The quantitative estimate of drug-likeness (QED) is 0.546. The highest BCUT2D eigenvalue weighted by Crippen LogP contribution is 2.29. The average Bonchev–Trinajstić information content (AvgIpc) is 2.39. The highest BCUT2D eigenvalue weighted by Gasteiger charge is 2.14. The fourth-order valence-corrected chi connectivity index (χ4v) is 3.08. The van der Waals surface area contributed by atoms with E-state index in [1.165, 1.54) is 5.56 Å². The van der Waals surface area contributed by atoms with Crippen LogP contribution in [0.25, 0.3) is 0 Å². The van der Waals surface area contributed by atoms with E-state index in [0.29, 0.717) is 10.9 Å². The molecule has 0 aliphatic carbocycles. The molecule has 0 amide bonds. The number of hydrogen-bond acceptors (Lipinski definition) is 0. The molecule has 4 heteroatoms. The number of benzene rings is 2. The zero-order chi connectivity index (χ0) is 13.8. The van der Waals surface area contributed by atoms with Crippen LogP contribution in [0.3, 0.4) is 0 Å². The van der Waals surface area contributed by atoms with Crippen molar-refractivity contribution in [3.8, 4) is 0 Å². The van der Waals surface area contributed by atoms with E-state index in [1.807, 2.05) is 24.3 Å². The third kappa shape index (κ3) is 4.13. The molecule has 1 unspecified atom stereocenters. The Morgan fingerprint density at radius 3 is 2.53 bits per heavy atom. The molecule has 19 heavy (non-hydrogen) atoms. The largest absolute Gasteiger partial charge is 0.126 e. The maximum atomic E-state index is 6.21. The Hall–Kier alpha value is -0.210. The fraction of sp³-hybridized carbons (Fsp3) is 0.200. The van der Waals surface area contributed by atoms with Gasteiger partial charge in [-0.2, -0.15) is 0 Å². The van der Waals surface area contributed by atoms with Crippen LogP contribution >= 0.6 is 50.7 Å². The van der Waals surface area contributed by atoms with E-state index in [2.05, 4.69) is 28.1 Å². The molecule has 2 aromatic carbocycles. The molecule has 0 heterocycles. The van der Waals surface area contributed by atoms with E-state index >= 15 is 0 Å². The van der Waals surface area contributed by atoms with Crippen molar-refractivity contribution in [1.29, 1.82) is 0 Å². The molecule has 0 radical (unpaired) electrons. The summed E-state index contributed by atoms with van der Waals surface area (Å²) in [5.74, 6) is 0.759. The van der Waals surface area contributed by atoms with E-state index in [-0.39, 0.29) is 5.92 Å². The third-order valence-electron chi connectivity index (χ3n) is 2.98. The van der Waals surface area contributed by atoms with Crippen LogP contribution in [0.4, 0.5) is 0 Å². The summed E-state index contributed by atoms with van der Waals surface area (Å²) in [4.78, 5) is 0. The molecule has 1 atom stereocenters. The number of halogens is 4. The van der Waals surface area contributed by atoms with Crippen molar-refractivity contribution in [3.63, 3.8) is 0 Å². The predicted molar refractivity (Wildman–Crippen MR) is 87.8 cm³/mol. The monoisotopic (exact) mass is 376 g/mol. The first kappa shape index (κ1) is 15.2. The van der Waals surface area contributed by atoms with Gasteiger partial charge in [-0.05, 0) is 47.9 Å². The molecule has 0 aromatic heterocycles. The lowest BCUT2D eigenvalue weighted by Crippen LogP contribution is -2.05.